The first-order chi connectivity index (χ1) is 2.73. The van der Waals surface area contributed by atoms with E-state index in [1.165, 1.54) is 0 Å². The SMILES string of the molecule is CC(=O)[O-].[C-]#N.[K+].[K+]. The maximum absolute atomic E-state index is 8.89. The minimum absolute atomic E-state index is 0. The molecule has 0 aromatic carbocycles. The summed E-state index contributed by atoms with van der Waals surface area (Å²) in [7, 11) is 0. The second-order valence-corrected chi connectivity index (χ2v) is 0.492. The van der Waals surface area contributed by atoms with Crippen molar-refractivity contribution in [2.45, 2.75) is 6.92 Å². The summed E-state index contributed by atoms with van der Waals surface area (Å²) >= 11 is 0. The Kier molecular flexibility index (Phi) is 64.1. The van der Waals surface area contributed by atoms with E-state index in [9.17, 15) is 0 Å². The molecule has 0 radical (unpaired) electrons. The fourth-order valence-corrected chi connectivity index (χ4v) is 0. The standard InChI is InChI=1S/C2H4O2.CN.2K/c1-2(3)4;1-2;;/h1H3,(H,3,4);;;/q;-1;2*+1/p-1. The number of carbonyl (C=O) groups excluding carboxylic acids is 1. The molecule has 0 aliphatic carbocycles. The summed E-state index contributed by atoms with van der Waals surface area (Å²) in [5.74, 6) is -1.08. The molecule has 5 heteroatoms. The molecule has 0 aromatic heterocycles. The number of rotatable bonds is 0. The van der Waals surface area contributed by atoms with Crippen LogP contribution in [0.5, 0.6) is 0 Å². The van der Waals surface area contributed by atoms with Gasteiger partial charge in [-0.25, -0.2) is 0 Å². The van der Waals surface area contributed by atoms with Crippen LogP contribution in [0.25, 0.3) is 0 Å². The first-order valence-corrected chi connectivity index (χ1v) is 1.13. The van der Waals surface area contributed by atoms with Crippen LogP contribution in [-0.2, 0) is 4.79 Å². The third kappa shape index (κ3) is 86.4. The van der Waals surface area contributed by atoms with Crippen LogP contribution >= 0.6 is 0 Å². The fraction of sp³-hybridized carbons (Fsp3) is 0.333. The molecule has 0 bridgehead atoms. The average Bonchev–Trinajstić information content (AvgIpc) is 1.41. The van der Waals surface area contributed by atoms with Gasteiger partial charge in [-0.15, -0.1) is 0 Å². The summed E-state index contributed by atoms with van der Waals surface area (Å²) in [6.45, 7) is 5.72. The molecule has 0 saturated carbocycles. The Morgan fingerprint density at radius 2 is 1.50 bits per heavy atom. The summed E-state index contributed by atoms with van der Waals surface area (Å²) in [6.07, 6.45) is 0. The van der Waals surface area contributed by atoms with Crippen molar-refractivity contribution >= 4 is 5.97 Å². The molecule has 0 rings (SSSR count). The van der Waals surface area contributed by atoms with E-state index in [2.05, 4.69) is 0 Å². The summed E-state index contributed by atoms with van der Waals surface area (Å²) in [6, 6.07) is 0. The van der Waals surface area contributed by atoms with E-state index in [-0.39, 0.29) is 103 Å². The van der Waals surface area contributed by atoms with E-state index < -0.39 is 5.97 Å². The molecule has 3 nitrogen and oxygen atoms in total. The van der Waals surface area contributed by atoms with Crippen molar-refractivity contribution in [3.8, 4) is 0 Å². The van der Waals surface area contributed by atoms with Crippen molar-refractivity contribution in [1.82, 2.24) is 0 Å². The van der Waals surface area contributed by atoms with Gasteiger partial charge >= 0.3 is 103 Å². The Labute approximate surface area is 134 Å². The molecular weight excluding hydrogens is 160 g/mol. The molecule has 0 aliphatic rings. The minimum Gasteiger partial charge on any atom is -0.550 e. The number of carbonyl (C=O) groups is 1. The zero-order valence-electron chi connectivity index (χ0n) is 5.26. The number of hydrogen-bond acceptors (Lipinski definition) is 3. The van der Waals surface area contributed by atoms with Gasteiger partial charge in [-0.2, -0.15) is 0 Å². The van der Waals surface area contributed by atoms with E-state index in [0.717, 1.165) is 6.92 Å². The van der Waals surface area contributed by atoms with E-state index in [1.54, 1.807) is 0 Å². The molecule has 0 unspecified atom stereocenters. The summed E-state index contributed by atoms with van der Waals surface area (Å²) in [5.41, 5.74) is 0. The predicted molar refractivity (Wildman–Crippen MR) is 15.6 cm³/mol. The molecule has 8 heavy (non-hydrogen) atoms. The van der Waals surface area contributed by atoms with Gasteiger partial charge in [0.05, 0.1) is 0 Å². The maximum atomic E-state index is 8.89. The number of carboxylic acids is 1. The third-order valence-corrected chi connectivity index (χ3v) is 0. The van der Waals surface area contributed by atoms with Gasteiger partial charge in [-0.1, -0.05) is 0 Å². The third-order valence-electron chi connectivity index (χ3n) is 0. The van der Waals surface area contributed by atoms with Crippen molar-refractivity contribution in [2.24, 2.45) is 0 Å². The molecule has 34 valence electrons. The van der Waals surface area contributed by atoms with Crippen LogP contribution in [-0.4, -0.2) is 5.97 Å². The van der Waals surface area contributed by atoms with Crippen molar-refractivity contribution in [3.05, 3.63) is 6.57 Å². The molecule has 0 N–H and O–H groups in total. The zero-order valence-corrected chi connectivity index (χ0v) is 11.5. The Morgan fingerprint density at radius 3 is 1.50 bits per heavy atom. The number of aliphatic carboxylic acids is 1. The molecule has 0 aliphatic heterocycles. The molecule has 0 saturated heterocycles. The van der Waals surface area contributed by atoms with Gasteiger partial charge in [0.15, 0.2) is 0 Å². The van der Waals surface area contributed by atoms with Crippen LogP contribution in [0.1, 0.15) is 6.92 Å². The minimum atomic E-state index is -1.08. The first-order valence-electron chi connectivity index (χ1n) is 1.13. The molecule has 0 atom stereocenters. The average molecular weight is 163 g/mol. The van der Waals surface area contributed by atoms with Crippen LogP contribution in [0.2, 0.25) is 0 Å². The van der Waals surface area contributed by atoms with E-state index in [4.69, 9.17) is 21.7 Å². The predicted octanol–water partition coefficient (Wildman–Crippen LogP) is -7.14. The number of nitrogens with zero attached hydrogens (tertiary/aromatic N) is 1. The zero-order chi connectivity index (χ0) is 5.58. The second kappa shape index (κ2) is 22.9. The van der Waals surface area contributed by atoms with Crippen molar-refractivity contribution in [3.63, 3.8) is 0 Å². The second-order valence-electron chi connectivity index (χ2n) is 0.492. The van der Waals surface area contributed by atoms with Crippen molar-refractivity contribution in [1.29, 1.82) is 5.26 Å². The Morgan fingerprint density at radius 1 is 1.50 bits per heavy atom. The van der Waals surface area contributed by atoms with E-state index in [0.29, 0.717) is 0 Å². The van der Waals surface area contributed by atoms with Crippen LogP contribution in [0.3, 0.4) is 0 Å². The molecule has 0 heterocycles. The van der Waals surface area contributed by atoms with Gasteiger partial charge in [0.2, 0.25) is 0 Å². The largest absolute Gasteiger partial charge is 1.00 e. The summed E-state index contributed by atoms with van der Waals surface area (Å²) in [4.78, 5) is 8.89. The number of carboxylic acid groups (broad SMARTS) is 1. The summed E-state index contributed by atoms with van der Waals surface area (Å²) < 4.78 is 0. The van der Waals surface area contributed by atoms with Gasteiger partial charge < -0.3 is 21.7 Å². The quantitative estimate of drug-likeness (QED) is 0.263. The van der Waals surface area contributed by atoms with Gasteiger partial charge in [-0.05, 0) is 6.92 Å². The molecule has 0 aromatic rings. The van der Waals surface area contributed by atoms with Crippen molar-refractivity contribution < 1.29 is 113 Å². The van der Waals surface area contributed by atoms with Gasteiger partial charge in [-0.3, -0.25) is 0 Å². The summed E-state index contributed by atoms with van der Waals surface area (Å²) in [5, 5.41) is 15.1. The van der Waals surface area contributed by atoms with Crippen LogP contribution in [0.15, 0.2) is 0 Å². The van der Waals surface area contributed by atoms with E-state index in [1.807, 2.05) is 0 Å². The van der Waals surface area contributed by atoms with Crippen LogP contribution in [0.4, 0.5) is 0 Å². The molecule has 0 amide bonds. The molecular formula is C3H3K2NO2. The molecule has 0 fully saturated rings. The normalized spacial score (nSPS) is 3.38. The Hall–Kier alpha value is 2.23. The maximum Gasteiger partial charge on any atom is 1.00 e. The van der Waals surface area contributed by atoms with Gasteiger partial charge in [0.25, 0.3) is 0 Å². The van der Waals surface area contributed by atoms with Gasteiger partial charge in [0.1, 0.15) is 0 Å². The fourth-order valence-electron chi connectivity index (χ4n) is 0. The first kappa shape index (κ1) is 22.5. The number of hydrogen-bond donors (Lipinski definition) is 0. The Bertz CT molecular complexity index is 59.5. The Balaban J connectivity index is -0.0000000183. The van der Waals surface area contributed by atoms with Crippen molar-refractivity contribution in [2.75, 3.05) is 0 Å². The van der Waals surface area contributed by atoms with Crippen LogP contribution < -0.4 is 108 Å². The topological polar surface area (TPSA) is 63.9 Å². The smallest absolute Gasteiger partial charge is 0.550 e. The van der Waals surface area contributed by atoms with Gasteiger partial charge in [0, 0.05) is 5.97 Å². The monoisotopic (exact) mass is 163 g/mol. The van der Waals surface area contributed by atoms with E-state index >= 15 is 0 Å². The van der Waals surface area contributed by atoms with Crippen LogP contribution in [0, 0.1) is 11.8 Å². The molecule has 0 spiro atoms.